The number of carbonyl (C=O) groups is 1. The van der Waals surface area contributed by atoms with Crippen molar-refractivity contribution < 1.29 is 38.5 Å². The molecule has 0 aromatic rings. The van der Waals surface area contributed by atoms with Crippen LogP contribution in [0.25, 0.3) is 0 Å². The maximum Gasteiger partial charge on any atom is 0.504 e. The summed E-state index contributed by atoms with van der Waals surface area (Å²) in [6, 6.07) is 0. The van der Waals surface area contributed by atoms with E-state index in [-0.39, 0.29) is 32.5 Å². The van der Waals surface area contributed by atoms with Crippen molar-refractivity contribution in [3.05, 3.63) is 0 Å². The maximum absolute atomic E-state index is 10.2. The minimum atomic E-state index is -1.64. The molecule has 0 bridgehead atoms. The van der Waals surface area contributed by atoms with E-state index in [1.165, 1.54) is 6.66 Å². The van der Waals surface area contributed by atoms with Crippen LogP contribution in [0.3, 0.4) is 0 Å². The Labute approximate surface area is 72.6 Å². The van der Waals surface area contributed by atoms with Crippen molar-refractivity contribution in [2.75, 3.05) is 13.3 Å². The average Bonchev–Trinajstić information content (AvgIpc) is 1.63. The zero-order valence-electron chi connectivity index (χ0n) is 5.74. The van der Waals surface area contributed by atoms with Gasteiger partial charge in [0.15, 0.2) is 6.66 Å². The third-order valence-corrected chi connectivity index (χ3v) is 1.14. The first kappa shape index (κ1) is 12.8. The first-order valence-corrected chi connectivity index (χ1v) is 4.01. The van der Waals surface area contributed by atoms with Crippen LogP contribution in [0.15, 0.2) is 0 Å². The van der Waals surface area contributed by atoms with Gasteiger partial charge in [-0.05, 0) is 4.57 Å². The zero-order valence-corrected chi connectivity index (χ0v) is 9.60. The van der Waals surface area contributed by atoms with Crippen LogP contribution in [0, 0.1) is 0 Å². The fourth-order valence-electron chi connectivity index (χ4n) is 0.262. The van der Waals surface area contributed by atoms with Gasteiger partial charge < -0.3 is 5.11 Å². The molecule has 0 amide bonds. The van der Waals surface area contributed by atoms with Gasteiger partial charge in [0.05, 0.1) is 6.42 Å². The van der Waals surface area contributed by atoms with E-state index in [1.54, 1.807) is 0 Å². The van der Waals surface area contributed by atoms with Gasteiger partial charge in [0, 0.05) is 19.5 Å². The summed E-state index contributed by atoms with van der Waals surface area (Å²) in [7, 11) is -1.64. The summed E-state index contributed by atoms with van der Waals surface area (Å²) in [6.07, 6.45) is -0.0884. The summed E-state index contributed by atoms with van der Waals surface area (Å²) in [5.74, 6) is -0.938. The van der Waals surface area contributed by atoms with Gasteiger partial charge in [0.2, 0.25) is 0 Å². The molecule has 10 heavy (non-hydrogen) atoms. The van der Waals surface area contributed by atoms with Crippen LogP contribution in [-0.2, 0) is 33.4 Å². The number of hydrogen-bond acceptors (Lipinski definition) is 3. The number of aliphatic carboxylic acids is 1. The van der Waals surface area contributed by atoms with Gasteiger partial charge >= 0.3 is 14.0 Å². The van der Waals surface area contributed by atoms with Crippen molar-refractivity contribution >= 4 is 14.0 Å². The third-order valence-electron chi connectivity index (χ3n) is 0.589. The van der Waals surface area contributed by atoms with Crippen molar-refractivity contribution in [2.45, 2.75) is 6.42 Å². The topological polar surface area (TPSA) is 63.6 Å². The molecule has 0 rings (SSSR count). The van der Waals surface area contributed by atoms with Crippen molar-refractivity contribution in [3.63, 3.8) is 0 Å². The van der Waals surface area contributed by atoms with Crippen LogP contribution in [0.2, 0.25) is 0 Å². The minimum Gasteiger partial charge on any atom is -0.481 e. The van der Waals surface area contributed by atoms with E-state index in [4.69, 9.17) is 5.11 Å². The average molecular weight is 216 g/mol. The molecule has 0 saturated heterocycles. The van der Waals surface area contributed by atoms with Gasteiger partial charge in [-0.25, -0.2) is 0 Å². The summed E-state index contributed by atoms with van der Waals surface area (Å²) in [4.78, 5) is 9.81. The molecule has 54 valence electrons. The molecule has 0 heterocycles. The molecule has 6 heteroatoms. The number of hydrogen-bond donors (Lipinski definition) is 1. The standard InChI is InChI=1S/C4H7O4P.Zn/c1-9(7)8-3-2-4(5)6;/h2-3H2,1H3;/p+1. The van der Waals surface area contributed by atoms with Crippen molar-refractivity contribution in [2.24, 2.45) is 0 Å². The SMILES string of the molecule is C[P+](=O)OCCC(=O)O.[Zn]. The van der Waals surface area contributed by atoms with E-state index in [2.05, 4.69) is 4.52 Å². The molecule has 0 aliphatic carbocycles. The Morgan fingerprint density at radius 3 is 2.50 bits per heavy atom. The summed E-state index contributed by atoms with van der Waals surface area (Å²) < 4.78 is 14.6. The first-order valence-electron chi connectivity index (χ1n) is 2.38. The number of carboxylic acid groups (broad SMARTS) is 1. The first-order chi connectivity index (χ1) is 4.13. The Bertz CT molecular complexity index is 112. The largest absolute Gasteiger partial charge is 0.504 e. The van der Waals surface area contributed by atoms with Crippen LogP contribution in [0.5, 0.6) is 0 Å². The van der Waals surface area contributed by atoms with E-state index in [1.807, 2.05) is 0 Å². The van der Waals surface area contributed by atoms with Gasteiger partial charge in [0.1, 0.15) is 6.61 Å². The van der Waals surface area contributed by atoms with E-state index < -0.39 is 14.0 Å². The van der Waals surface area contributed by atoms with Gasteiger partial charge in [-0.1, -0.05) is 0 Å². The van der Waals surface area contributed by atoms with Gasteiger partial charge in [0.25, 0.3) is 0 Å². The van der Waals surface area contributed by atoms with Crippen LogP contribution >= 0.6 is 8.03 Å². The smallest absolute Gasteiger partial charge is 0.481 e. The van der Waals surface area contributed by atoms with E-state index in [9.17, 15) is 9.36 Å². The maximum atomic E-state index is 10.2. The fraction of sp³-hybridized carbons (Fsp3) is 0.750. The molecule has 0 aromatic heterocycles. The molecule has 1 atom stereocenters. The number of rotatable bonds is 4. The number of carboxylic acids is 1. The molecule has 1 N–H and O–H groups in total. The second-order valence-corrected chi connectivity index (χ2v) is 2.55. The molecule has 0 fully saturated rings. The monoisotopic (exact) mass is 215 g/mol. The van der Waals surface area contributed by atoms with Crippen LogP contribution in [0.1, 0.15) is 6.42 Å². The molecule has 0 aliphatic rings. The Morgan fingerprint density at radius 1 is 1.70 bits per heavy atom. The molecule has 4 nitrogen and oxygen atoms in total. The molecule has 0 saturated carbocycles. The fourth-order valence-corrected chi connectivity index (χ4v) is 0.610. The molecule has 0 aliphatic heterocycles. The van der Waals surface area contributed by atoms with E-state index in [0.29, 0.717) is 0 Å². The Morgan fingerprint density at radius 2 is 2.20 bits per heavy atom. The second-order valence-electron chi connectivity index (χ2n) is 1.42. The summed E-state index contributed by atoms with van der Waals surface area (Å²) in [6.45, 7) is 1.41. The Hall–Kier alpha value is 0.153. The van der Waals surface area contributed by atoms with Crippen molar-refractivity contribution in [1.29, 1.82) is 0 Å². The Balaban J connectivity index is 0. The normalized spacial score (nSPS) is 9.90. The molecule has 1 unspecified atom stereocenters. The second kappa shape index (κ2) is 7.26. The zero-order chi connectivity index (χ0) is 7.28. The molecule has 0 aromatic carbocycles. The summed E-state index contributed by atoms with van der Waals surface area (Å²) >= 11 is 0. The predicted molar refractivity (Wildman–Crippen MR) is 31.7 cm³/mol. The molecular weight excluding hydrogens is 208 g/mol. The van der Waals surface area contributed by atoms with Crippen molar-refractivity contribution in [3.8, 4) is 0 Å². The molecule has 0 spiro atoms. The van der Waals surface area contributed by atoms with Crippen LogP contribution in [-0.4, -0.2) is 24.3 Å². The van der Waals surface area contributed by atoms with Gasteiger partial charge in [-0.15, -0.1) is 4.52 Å². The van der Waals surface area contributed by atoms with Crippen LogP contribution < -0.4 is 0 Å². The molecular formula is C4H8O4PZn+. The Kier molecular flexibility index (Phi) is 9.29. The molecule has 0 radical (unpaired) electrons. The minimum absolute atomic E-state index is 0. The summed E-state index contributed by atoms with van der Waals surface area (Å²) in [5, 5.41) is 8.05. The third kappa shape index (κ3) is 11.0. The van der Waals surface area contributed by atoms with Crippen LogP contribution in [0.4, 0.5) is 0 Å². The van der Waals surface area contributed by atoms with E-state index >= 15 is 0 Å². The summed E-state index contributed by atoms with van der Waals surface area (Å²) in [5.41, 5.74) is 0. The van der Waals surface area contributed by atoms with E-state index in [0.717, 1.165) is 0 Å². The van der Waals surface area contributed by atoms with Gasteiger partial charge in [-0.2, -0.15) is 0 Å². The van der Waals surface area contributed by atoms with Crippen molar-refractivity contribution in [1.82, 2.24) is 0 Å². The quantitative estimate of drug-likeness (QED) is 0.559. The predicted octanol–water partition coefficient (Wildman–Crippen LogP) is 0.847. The van der Waals surface area contributed by atoms with Gasteiger partial charge in [-0.3, -0.25) is 4.79 Å².